The normalized spacial score (nSPS) is 10.9. The summed E-state index contributed by atoms with van der Waals surface area (Å²) in [5.74, 6) is 0.397. The minimum absolute atomic E-state index is 0.0328. The largest absolute Gasteiger partial charge is 0.343 e. The van der Waals surface area contributed by atoms with E-state index in [1.807, 2.05) is 17.5 Å². The molecule has 0 aliphatic carbocycles. The van der Waals surface area contributed by atoms with E-state index < -0.39 is 4.92 Å². The lowest BCUT2D eigenvalue weighted by Crippen LogP contribution is -2.20. The summed E-state index contributed by atoms with van der Waals surface area (Å²) in [6, 6.07) is 9.76. The van der Waals surface area contributed by atoms with E-state index in [2.05, 4.69) is 15.5 Å². The molecule has 0 bridgehead atoms. The number of carbonyl (C=O) groups is 1. The highest BCUT2D eigenvalue weighted by Gasteiger charge is 2.10. The predicted molar refractivity (Wildman–Crippen MR) is 91.6 cm³/mol. The maximum absolute atomic E-state index is 11.8. The second kappa shape index (κ2) is 7.49. The van der Waals surface area contributed by atoms with E-state index in [9.17, 15) is 14.9 Å². The molecule has 0 radical (unpaired) electrons. The molecule has 0 fully saturated rings. The van der Waals surface area contributed by atoms with Crippen molar-refractivity contribution in [2.24, 2.45) is 0 Å². The van der Waals surface area contributed by atoms with Crippen molar-refractivity contribution in [3.8, 4) is 10.7 Å². The molecule has 1 amide bonds. The van der Waals surface area contributed by atoms with Crippen LogP contribution in [-0.2, 0) is 11.3 Å². The first-order chi connectivity index (χ1) is 12.1. The maximum Gasteiger partial charge on any atom is 0.270 e. The second-order valence-electron chi connectivity index (χ2n) is 4.89. The van der Waals surface area contributed by atoms with Gasteiger partial charge >= 0.3 is 0 Å². The van der Waals surface area contributed by atoms with Crippen LogP contribution in [0.2, 0.25) is 0 Å². The van der Waals surface area contributed by atoms with Crippen LogP contribution in [0.1, 0.15) is 11.5 Å². The fourth-order valence-electron chi connectivity index (χ4n) is 1.97. The topological polar surface area (TPSA) is 111 Å². The van der Waals surface area contributed by atoms with Gasteiger partial charge in [0.1, 0.15) is 0 Å². The zero-order valence-corrected chi connectivity index (χ0v) is 13.6. The molecule has 8 nitrogen and oxygen atoms in total. The summed E-state index contributed by atoms with van der Waals surface area (Å²) in [4.78, 5) is 27.1. The van der Waals surface area contributed by atoms with Gasteiger partial charge in [0.25, 0.3) is 5.69 Å². The highest BCUT2D eigenvalue weighted by atomic mass is 32.1. The molecule has 0 atom stereocenters. The van der Waals surface area contributed by atoms with Crippen molar-refractivity contribution in [3.63, 3.8) is 0 Å². The van der Waals surface area contributed by atoms with Crippen LogP contribution >= 0.6 is 11.3 Å². The molecule has 2 heterocycles. The summed E-state index contributed by atoms with van der Waals surface area (Å²) in [7, 11) is 0. The molecule has 25 heavy (non-hydrogen) atoms. The number of nitro benzene ring substituents is 1. The van der Waals surface area contributed by atoms with Crippen molar-refractivity contribution in [1.29, 1.82) is 0 Å². The molecule has 0 aliphatic heterocycles. The first-order valence-corrected chi connectivity index (χ1v) is 8.06. The number of nitrogens with zero attached hydrogens (tertiary/aromatic N) is 3. The molecule has 0 saturated carbocycles. The lowest BCUT2D eigenvalue weighted by molar-refractivity contribution is -0.384. The van der Waals surface area contributed by atoms with Gasteiger partial charge in [-0.3, -0.25) is 14.9 Å². The van der Waals surface area contributed by atoms with Crippen LogP contribution in [0.3, 0.4) is 0 Å². The molecule has 9 heteroatoms. The Morgan fingerprint density at radius 1 is 1.36 bits per heavy atom. The average molecular weight is 356 g/mol. The van der Waals surface area contributed by atoms with Crippen LogP contribution in [0.15, 0.2) is 52.4 Å². The predicted octanol–water partition coefficient (Wildman–Crippen LogP) is 3.04. The number of carbonyl (C=O) groups excluding carboxylic acids is 1. The summed E-state index contributed by atoms with van der Waals surface area (Å²) in [6.07, 6.45) is 2.78. The van der Waals surface area contributed by atoms with E-state index in [0.717, 1.165) is 4.88 Å². The average Bonchev–Trinajstić information content (AvgIpc) is 3.29. The van der Waals surface area contributed by atoms with Crippen LogP contribution in [0.5, 0.6) is 0 Å². The van der Waals surface area contributed by atoms with Gasteiger partial charge in [0, 0.05) is 18.2 Å². The van der Waals surface area contributed by atoms with Gasteiger partial charge in [-0.1, -0.05) is 23.4 Å². The summed E-state index contributed by atoms with van der Waals surface area (Å²) in [6.45, 7) is 0.0937. The van der Waals surface area contributed by atoms with Gasteiger partial charge < -0.3 is 9.84 Å². The van der Waals surface area contributed by atoms with Crippen molar-refractivity contribution in [1.82, 2.24) is 15.5 Å². The minimum Gasteiger partial charge on any atom is -0.343 e. The summed E-state index contributed by atoms with van der Waals surface area (Å²) >= 11 is 1.49. The number of thiophene rings is 1. The quantitative estimate of drug-likeness (QED) is 0.413. The third-order valence-corrected chi connectivity index (χ3v) is 4.00. The highest BCUT2D eigenvalue weighted by Crippen LogP contribution is 2.21. The third-order valence-electron chi connectivity index (χ3n) is 3.13. The van der Waals surface area contributed by atoms with Crippen LogP contribution < -0.4 is 5.32 Å². The first-order valence-electron chi connectivity index (χ1n) is 7.18. The number of aromatic nitrogens is 2. The molecule has 0 spiro atoms. The molecule has 1 aromatic carbocycles. The van der Waals surface area contributed by atoms with E-state index >= 15 is 0 Å². The SMILES string of the molecule is O=C(/C=C/c1cccc([N+](=O)[O-])c1)NCc1nc(-c2cccs2)no1. The first kappa shape index (κ1) is 16.5. The Bertz CT molecular complexity index is 918. The van der Waals surface area contributed by atoms with E-state index in [4.69, 9.17) is 4.52 Å². The Kier molecular flexibility index (Phi) is 4.95. The van der Waals surface area contributed by atoms with Crippen LogP contribution in [-0.4, -0.2) is 21.0 Å². The molecule has 0 unspecified atom stereocenters. The molecule has 126 valence electrons. The van der Waals surface area contributed by atoms with Gasteiger partial charge in [-0.2, -0.15) is 4.98 Å². The van der Waals surface area contributed by atoms with Gasteiger partial charge in [-0.25, -0.2) is 0 Å². The molecule has 3 aromatic rings. The number of nitrogens with one attached hydrogen (secondary N) is 1. The number of benzene rings is 1. The Hall–Kier alpha value is -3.33. The Morgan fingerprint density at radius 2 is 2.24 bits per heavy atom. The third kappa shape index (κ3) is 4.36. The number of non-ortho nitro benzene ring substituents is 1. The lowest BCUT2D eigenvalue weighted by Gasteiger charge is -1.97. The fourth-order valence-corrected chi connectivity index (χ4v) is 2.62. The number of hydrogen-bond acceptors (Lipinski definition) is 7. The number of hydrogen-bond donors (Lipinski definition) is 1. The Morgan fingerprint density at radius 3 is 3.00 bits per heavy atom. The number of nitro groups is 1. The molecule has 0 saturated heterocycles. The van der Waals surface area contributed by atoms with Crippen molar-refractivity contribution >= 4 is 29.0 Å². The minimum atomic E-state index is -0.488. The summed E-state index contributed by atoms with van der Waals surface area (Å²) in [5, 5.41) is 19.1. The van der Waals surface area contributed by atoms with Gasteiger partial charge in [-0.05, 0) is 23.1 Å². The fraction of sp³-hybridized carbons (Fsp3) is 0.0625. The molecule has 3 rings (SSSR count). The lowest BCUT2D eigenvalue weighted by atomic mass is 10.2. The second-order valence-corrected chi connectivity index (χ2v) is 5.84. The van der Waals surface area contributed by atoms with Crippen LogP contribution in [0.25, 0.3) is 16.8 Å². The van der Waals surface area contributed by atoms with E-state index in [1.165, 1.54) is 35.6 Å². The molecular formula is C16H12N4O4S. The van der Waals surface area contributed by atoms with Crippen LogP contribution in [0.4, 0.5) is 5.69 Å². The van der Waals surface area contributed by atoms with Crippen molar-refractivity contribution in [2.75, 3.05) is 0 Å². The maximum atomic E-state index is 11.8. The van der Waals surface area contributed by atoms with Gasteiger partial charge in [0.15, 0.2) is 0 Å². The molecule has 2 aromatic heterocycles. The van der Waals surface area contributed by atoms with Gasteiger partial charge in [0.05, 0.1) is 16.3 Å². The Balaban J connectivity index is 1.56. The molecular weight excluding hydrogens is 344 g/mol. The van der Waals surface area contributed by atoms with Gasteiger partial charge in [0.2, 0.25) is 17.6 Å². The standard InChI is InChI=1S/C16H12N4O4S/c21-14(7-6-11-3-1-4-12(9-11)20(22)23)17-10-15-18-16(19-24-15)13-5-2-8-25-13/h1-9H,10H2,(H,17,21)/b7-6+. The summed E-state index contributed by atoms with van der Waals surface area (Å²) in [5.41, 5.74) is 0.525. The van der Waals surface area contributed by atoms with E-state index in [1.54, 1.807) is 12.1 Å². The molecule has 1 N–H and O–H groups in total. The van der Waals surface area contributed by atoms with E-state index in [-0.39, 0.29) is 18.1 Å². The summed E-state index contributed by atoms with van der Waals surface area (Å²) < 4.78 is 5.08. The number of amides is 1. The Labute approximate surface area is 146 Å². The van der Waals surface area contributed by atoms with E-state index in [0.29, 0.717) is 17.3 Å². The molecule has 0 aliphatic rings. The zero-order chi connectivity index (χ0) is 17.6. The van der Waals surface area contributed by atoms with Crippen molar-refractivity contribution in [2.45, 2.75) is 6.54 Å². The highest BCUT2D eigenvalue weighted by molar-refractivity contribution is 7.13. The monoisotopic (exact) mass is 356 g/mol. The van der Waals surface area contributed by atoms with Crippen molar-refractivity contribution < 1.29 is 14.2 Å². The van der Waals surface area contributed by atoms with Crippen molar-refractivity contribution in [3.05, 3.63) is 69.4 Å². The number of rotatable bonds is 6. The van der Waals surface area contributed by atoms with Gasteiger partial charge in [-0.15, -0.1) is 11.3 Å². The van der Waals surface area contributed by atoms with Crippen LogP contribution in [0, 0.1) is 10.1 Å². The zero-order valence-electron chi connectivity index (χ0n) is 12.8. The smallest absolute Gasteiger partial charge is 0.270 e.